The molecule has 1 aromatic carbocycles. The lowest BCUT2D eigenvalue weighted by atomic mass is 10.3. The van der Waals surface area contributed by atoms with Crippen molar-refractivity contribution >= 4 is 5.96 Å². The van der Waals surface area contributed by atoms with Gasteiger partial charge in [0.15, 0.2) is 17.5 Å². The minimum atomic E-state index is 0.271. The van der Waals surface area contributed by atoms with Crippen LogP contribution in [-0.4, -0.2) is 52.7 Å². The first-order valence-electron chi connectivity index (χ1n) is 8.38. The van der Waals surface area contributed by atoms with Crippen LogP contribution in [0.25, 0.3) is 0 Å². The lowest BCUT2D eigenvalue weighted by molar-refractivity contribution is 0.143. The molecule has 0 saturated heterocycles. The van der Waals surface area contributed by atoms with Crippen molar-refractivity contribution in [2.45, 2.75) is 19.8 Å². The molecule has 0 bridgehead atoms. The fourth-order valence-electron chi connectivity index (χ4n) is 2.21. The number of guanidine groups is 1. The number of fused-ring (bicyclic) bond motifs is 1. The molecule has 0 radical (unpaired) electrons. The summed E-state index contributed by atoms with van der Waals surface area (Å²) < 4.78 is 21.6. The first-order chi connectivity index (χ1) is 11.8. The average Bonchev–Trinajstić information content (AvgIpc) is 3.07. The Morgan fingerprint density at radius 1 is 1.12 bits per heavy atom. The summed E-state index contributed by atoms with van der Waals surface area (Å²) in [5.41, 5.74) is 0. The number of nitrogens with zero attached hydrogens (tertiary/aromatic N) is 1. The van der Waals surface area contributed by atoms with Gasteiger partial charge in [0.2, 0.25) is 6.79 Å². The summed E-state index contributed by atoms with van der Waals surface area (Å²) >= 11 is 0. The fourth-order valence-corrected chi connectivity index (χ4v) is 2.21. The van der Waals surface area contributed by atoms with Crippen LogP contribution in [0.5, 0.6) is 17.2 Å². The van der Waals surface area contributed by atoms with Crippen LogP contribution in [0, 0.1) is 0 Å². The number of ether oxygens (including phenoxy) is 4. The van der Waals surface area contributed by atoms with E-state index >= 15 is 0 Å². The van der Waals surface area contributed by atoms with Gasteiger partial charge in [-0.25, -0.2) is 0 Å². The molecule has 0 aromatic heterocycles. The molecule has 24 heavy (non-hydrogen) atoms. The molecule has 134 valence electrons. The van der Waals surface area contributed by atoms with Gasteiger partial charge in [-0.15, -0.1) is 0 Å². The van der Waals surface area contributed by atoms with Crippen LogP contribution >= 0.6 is 0 Å². The van der Waals surface area contributed by atoms with E-state index in [1.165, 1.54) is 0 Å². The van der Waals surface area contributed by atoms with E-state index in [-0.39, 0.29) is 6.79 Å². The summed E-state index contributed by atoms with van der Waals surface area (Å²) in [7, 11) is 1.76. The second-order valence-corrected chi connectivity index (χ2v) is 5.19. The van der Waals surface area contributed by atoms with Crippen LogP contribution in [0.4, 0.5) is 0 Å². The monoisotopic (exact) mass is 337 g/mol. The van der Waals surface area contributed by atoms with Crippen LogP contribution in [0.1, 0.15) is 19.8 Å². The first-order valence-corrected chi connectivity index (χ1v) is 8.38. The van der Waals surface area contributed by atoms with Gasteiger partial charge in [-0.2, -0.15) is 0 Å². The van der Waals surface area contributed by atoms with Gasteiger partial charge in [0, 0.05) is 32.9 Å². The normalized spacial score (nSPS) is 13.0. The Hall–Kier alpha value is -2.15. The highest BCUT2D eigenvalue weighted by atomic mass is 16.7. The summed E-state index contributed by atoms with van der Waals surface area (Å²) in [6, 6.07) is 5.57. The second kappa shape index (κ2) is 10.6. The molecule has 1 aromatic rings. The Balaban J connectivity index is 1.57. The Labute approximate surface area is 143 Å². The molecular weight excluding hydrogens is 310 g/mol. The van der Waals surface area contributed by atoms with Crippen molar-refractivity contribution in [2.24, 2.45) is 4.99 Å². The number of hydrogen-bond acceptors (Lipinski definition) is 5. The summed E-state index contributed by atoms with van der Waals surface area (Å²) in [5, 5.41) is 6.49. The van der Waals surface area contributed by atoms with Gasteiger partial charge >= 0.3 is 0 Å². The SMILES string of the molecule is CCOCCCCNC(=NC)NCCOc1ccc2c(c1)OCO2. The van der Waals surface area contributed by atoms with Crippen LogP contribution in [-0.2, 0) is 4.74 Å². The van der Waals surface area contributed by atoms with Crippen LogP contribution in [0.15, 0.2) is 23.2 Å². The van der Waals surface area contributed by atoms with E-state index in [1.807, 2.05) is 25.1 Å². The average molecular weight is 337 g/mol. The molecule has 1 heterocycles. The molecule has 0 unspecified atom stereocenters. The van der Waals surface area contributed by atoms with Gasteiger partial charge in [0.1, 0.15) is 12.4 Å². The number of nitrogens with one attached hydrogen (secondary N) is 2. The highest BCUT2D eigenvalue weighted by Gasteiger charge is 2.13. The molecule has 7 nitrogen and oxygen atoms in total. The molecule has 0 atom stereocenters. The van der Waals surface area contributed by atoms with E-state index < -0.39 is 0 Å². The molecule has 0 aliphatic carbocycles. The van der Waals surface area contributed by atoms with Gasteiger partial charge in [0.05, 0.1) is 6.54 Å². The Bertz CT molecular complexity index is 523. The van der Waals surface area contributed by atoms with E-state index in [2.05, 4.69) is 15.6 Å². The van der Waals surface area contributed by atoms with E-state index in [0.717, 1.165) is 55.8 Å². The highest BCUT2D eigenvalue weighted by Crippen LogP contribution is 2.34. The van der Waals surface area contributed by atoms with E-state index in [9.17, 15) is 0 Å². The predicted molar refractivity (Wildman–Crippen MR) is 93.2 cm³/mol. The van der Waals surface area contributed by atoms with Gasteiger partial charge in [-0.3, -0.25) is 4.99 Å². The molecule has 0 amide bonds. The minimum absolute atomic E-state index is 0.271. The lowest BCUT2D eigenvalue weighted by Crippen LogP contribution is -2.39. The molecule has 2 N–H and O–H groups in total. The van der Waals surface area contributed by atoms with Crippen molar-refractivity contribution < 1.29 is 18.9 Å². The van der Waals surface area contributed by atoms with Crippen LogP contribution < -0.4 is 24.8 Å². The lowest BCUT2D eigenvalue weighted by Gasteiger charge is -2.12. The smallest absolute Gasteiger partial charge is 0.231 e. The first kappa shape index (κ1) is 18.2. The maximum Gasteiger partial charge on any atom is 0.231 e. The van der Waals surface area contributed by atoms with Crippen molar-refractivity contribution in [1.29, 1.82) is 0 Å². The topological polar surface area (TPSA) is 73.3 Å². The standard InChI is InChI=1S/C17H27N3O4/c1-3-21-10-5-4-8-19-17(18-2)20-9-11-22-14-6-7-15-16(12-14)24-13-23-15/h6-7,12H,3-5,8-11,13H2,1-2H3,(H2,18,19,20). The molecule has 0 saturated carbocycles. The molecule has 0 fully saturated rings. The minimum Gasteiger partial charge on any atom is -0.492 e. The van der Waals surface area contributed by atoms with Gasteiger partial charge in [0.25, 0.3) is 0 Å². The quantitative estimate of drug-likeness (QED) is 0.385. The highest BCUT2D eigenvalue weighted by molar-refractivity contribution is 5.79. The van der Waals surface area contributed by atoms with E-state index in [4.69, 9.17) is 18.9 Å². The van der Waals surface area contributed by atoms with Gasteiger partial charge in [-0.05, 0) is 31.9 Å². The second-order valence-electron chi connectivity index (χ2n) is 5.19. The Morgan fingerprint density at radius 2 is 1.96 bits per heavy atom. The number of hydrogen-bond donors (Lipinski definition) is 2. The van der Waals surface area contributed by atoms with Crippen molar-refractivity contribution in [3.05, 3.63) is 18.2 Å². The van der Waals surface area contributed by atoms with Crippen LogP contribution in [0.2, 0.25) is 0 Å². The molecule has 7 heteroatoms. The third-order valence-corrected chi connectivity index (χ3v) is 3.44. The maximum absolute atomic E-state index is 5.70. The van der Waals surface area contributed by atoms with E-state index in [0.29, 0.717) is 13.2 Å². The summed E-state index contributed by atoms with van der Waals surface area (Å²) in [4.78, 5) is 4.18. The van der Waals surface area contributed by atoms with Crippen molar-refractivity contribution in [3.8, 4) is 17.2 Å². The Morgan fingerprint density at radius 3 is 2.79 bits per heavy atom. The van der Waals surface area contributed by atoms with E-state index in [1.54, 1.807) is 7.05 Å². The number of unbranched alkanes of at least 4 members (excludes halogenated alkanes) is 1. The predicted octanol–water partition coefficient (Wildman–Crippen LogP) is 1.78. The molecule has 1 aliphatic rings. The molecular formula is C17H27N3O4. The molecule has 1 aliphatic heterocycles. The van der Waals surface area contributed by atoms with Crippen molar-refractivity contribution in [1.82, 2.24) is 10.6 Å². The molecule has 0 spiro atoms. The summed E-state index contributed by atoms with van der Waals surface area (Å²) in [5.74, 6) is 3.03. The van der Waals surface area contributed by atoms with Crippen molar-refractivity contribution in [2.75, 3.05) is 46.8 Å². The zero-order valence-electron chi connectivity index (χ0n) is 14.5. The number of rotatable bonds is 10. The summed E-state index contributed by atoms with van der Waals surface area (Å²) in [6.45, 7) is 5.93. The van der Waals surface area contributed by atoms with Gasteiger partial charge in [-0.1, -0.05) is 0 Å². The Kier molecular flexibility index (Phi) is 8.03. The largest absolute Gasteiger partial charge is 0.492 e. The number of aliphatic imine (C=N–C) groups is 1. The fraction of sp³-hybridized carbons (Fsp3) is 0.588. The number of benzene rings is 1. The zero-order valence-corrected chi connectivity index (χ0v) is 14.5. The third kappa shape index (κ3) is 6.16. The maximum atomic E-state index is 5.70. The molecule has 2 rings (SSSR count). The van der Waals surface area contributed by atoms with Crippen molar-refractivity contribution in [3.63, 3.8) is 0 Å². The third-order valence-electron chi connectivity index (χ3n) is 3.44. The summed E-state index contributed by atoms with van der Waals surface area (Å²) in [6.07, 6.45) is 2.10. The van der Waals surface area contributed by atoms with Crippen LogP contribution in [0.3, 0.4) is 0 Å². The zero-order chi connectivity index (χ0) is 17.0. The van der Waals surface area contributed by atoms with Gasteiger partial charge < -0.3 is 29.6 Å².